The maximum atomic E-state index is 8.59. The zero-order chi connectivity index (χ0) is 9.84. The highest BCUT2D eigenvalue weighted by atomic mass is 79.9. The van der Waals surface area contributed by atoms with Gasteiger partial charge in [0.1, 0.15) is 5.75 Å². The summed E-state index contributed by atoms with van der Waals surface area (Å²) < 4.78 is 6.03. The molecule has 0 aliphatic carbocycles. The number of hydrogen-bond donors (Lipinski definition) is 0. The molecule has 0 aliphatic rings. The first-order valence-electron chi connectivity index (χ1n) is 3.89. The van der Waals surface area contributed by atoms with Gasteiger partial charge in [-0.25, -0.2) is 0 Å². The number of ether oxygens (including phenoxy) is 1. The minimum absolute atomic E-state index is 0.401. The second-order valence-corrected chi connectivity index (χ2v) is 3.57. The first kappa shape index (κ1) is 10.1. The molecule has 0 amide bonds. The number of halogens is 1. The van der Waals surface area contributed by atoms with Crippen molar-refractivity contribution in [2.24, 2.45) is 0 Å². The van der Waals surface area contributed by atoms with Crippen molar-refractivity contribution in [3.63, 3.8) is 0 Å². The second kappa shape index (κ2) is 4.29. The summed E-state index contributed by atoms with van der Waals surface area (Å²) in [6, 6.07) is 6.04. The van der Waals surface area contributed by atoms with E-state index in [0.29, 0.717) is 6.42 Å². The largest absolute Gasteiger partial charge is 0.496 e. The number of nitriles is 1. The predicted molar refractivity (Wildman–Crippen MR) is 54.7 cm³/mol. The molecule has 0 atom stereocenters. The van der Waals surface area contributed by atoms with E-state index in [4.69, 9.17) is 10.00 Å². The monoisotopic (exact) mass is 239 g/mol. The van der Waals surface area contributed by atoms with Crippen molar-refractivity contribution >= 4 is 15.9 Å². The fourth-order valence-electron chi connectivity index (χ4n) is 1.17. The van der Waals surface area contributed by atoms with E-state index < -0.39 is 0 Å². The molecule has 3 heteroatoms. The lowest BCUT2D eigenvalue weighted by Crippen LogP contribution is -1.91. The zero-order valence-electron chi connectivity index (χ0n) is 7.60. The van der Waals surface area contributed by atoms with Crippen molar-refractivity contribution < 1.29 is 4.74 Å². The SMILES string of the molecule is COc1cc(C)cc(CC#N)c1Br. The number of rotatable bonds is 2. The Kier molecular flexibility index (Phi) is 3.32. The first-order valence-corrected chi connectivity index (χ1v) is 4.68. The standard InChI is InChI=1S/C10H10BrNO/c1-7-5-8(3-4-12)10(11)9(6-7)13-2/h5-6H,3H2,1-2H3. The molecule has 0 aliphatic heterocycles. The lowest BCUT2D eigenvalue weighted by molar-refractivity contribution is 0.411. The van der Waals surface area contributed by atoms with Crippen LogP contribution in [-0.4, -0.2) is 7.11 Å². The molecule has 0 radical (unpaired) electrons. The van der Waals surface area contributed by atoms with Gasteiger partial charge in [-0.3, -0.25) is 0 Å². The van der Waals surface area contributed by atoms with Crippen molar-refractivity contribution in [2.45, 2.75) is 13.3 Å². The van der Waals surface area contributed by atoms with Crippen LogP contribution in [0.15, 0.2) is 16.6 Å². The molecule has 0 saturated carbocycles. The van der Waals surface area contributed by atoms with Crippen molar-refractivity contribution in [1.29, 1.82) is 5.26 Å². The summed E-state index contributed by atoms with van der Waals surface area (Å²) in [6.07, 6.45) is 0.401. The van der Waals surface area contributed by atoms with Crippen LogP contribution in [0.5, 0.6) is 5.75 Å². The van der Waals surface area contributed by atoms with Crippen LogP contribution < -0.4 is 4.74 Å². The van der Waals surface area contributed by atoms with E-state index in [2.05, 4.69) is 22.0 Å². The van der Waals surface area contributed by atoms with E-state index in [0.717, 1.165) is 21.3 Å². The highest BCUT2D eigenvalue weighted by Crippen LogP contribution is 2.30. The minimum atomic E-state index is 0.401. The molecule has 0 N–H and O–H groups in total. The van der Waals surface area contributed by atoms with Crippen LogP contribution in [0.3, 0.4) is 0 Å². The maximum Gasteiger partial charge on any atom is 0.133 e. The Balaban J connectivity index is 3.20. The molecule has 2 nitrogen and oxygen atoms in total. The molecule has 13 heavy (non-hydrogen) atoms. The maximum absolute atomic E-state index is 8.59. The van der Waals surface area contributed by atoms with Crippen LogP contribution in [0, 0.1) is 18.3 Å². The summed E-state index contributed by atoms with van der Waals surface area (Å²) >= 11 is 3.40. The van der Waals surface area contributed by atoms with Crippen molar-refractivity contribution in [1.82, 2.24) is 0 Å². The van der Waals surface area contributed by atoms with Crippen LogP contribution >= 0.6 is 15.9 Å². The highest BCUT2D eigenvalue weighted by molar-refractivity contribution is 9.10. The normalized spacial score (nSPS) is 9.38. The van der Waals surface area contributed by atoms with E-state index >= 15 is 0 Å². The van der Waals surface area contributed by atoms with Crippen LogP contribution in [0.2, 0.25) is 0 Å². The number of nitrogens with zero attached hydrogens (tertiary/aromatic N) is 1. The van der Waals surface area contributed by atoms with Gasteiger partial charge < -0.3 is 4.74 Å². The smallest absolute Gasteiger partial charge is 0.133 e. The number of aryl methyl sites for hydroxylation is 1. The van der Waals surface area contributed by atoms with Crippen LogP contribution in [0.4, 0.5) is 0 Å². The molecule has 0 spiro atoms. The van der Waals surface area contributed by atoms with Crippen molar-refractivity contribution in [3.8, 4) is 11.8 Å². The van der Waals surface area contributed by atoms with Gasteiger partial charge in [0.2, 0.25) is 0 Å². The van der Waals surface area contributed by atoms with Gasteiger partial charge in [0.05, 0.1) is 24.1 Å². The number of benzene rings is 1. The van der Waals surface area contributed by atoms with Crippen molar-refractivity contribution in [3.05, 3.63) is 27.7 Å². The molecule has 0 aromatic heterocycles. The fourth-order valence-corrected chi connectivity index (χ4v) is 1.70. The first-order chi connectivity index (χ1) is 6.19. The molecule has 1 aromatic carbocycles. The Morgan fingerprint density at radius 3 is 2.77 bits per heavy atom. The van der Waals surface area contributed by atoms with E-state index in [1.54, 1.807) is 7.11 Å². The molecule has 1 aromatic rings. The van der Waals surface area contributed by atoms with Gasteiger partial charge in [-0.05, 0) is 40.0 Å². The molecule has 0 fully saturated rings. The molecule has 0 bridgehead atoms. The third-order valence-corrected chi connectivity index (χ3v) is 2.65. The van der Waals surface area contributed by atoms with Gasteiger partial charge in [-0.15, -0.1) is 0 Å². The molecule has 0 saturated heterocycles. The van der Waals surface area contributed by atoms with E-state index in [9.17, 15) is 0 Å². The lowest BCUT2D eigenvalue weighted by atomic mass is 10.1. The average molecular weight is 240 g/mol. The van der Waals surface area contributed by atoms with Crippen LogP contribution in [0.1, 0.15) is 11.1 Å². The Morgan fingerprint density at radius 2 is 2.23 bits per heavy atom. The van der Waals surface area contributed by atoms with Gasteiger partial charge in [-0.1, -0.05) is 6.07 Å². The summed E-state index contributed by atoms with van der Waals surface area (Å²) in [5, 5.41) is 8.59. The Labute approximate surface area is 86.3 Å². The number of methoxy groups -OCH3 is 1. The summed E-state index contributed by atoms with van der Waals surface area (Å²) in [7, 11) is 1.62. The summed E-state index contributed by atoms with van der Waals surface area (Å²) in [6.45, 7) is 1.98. The summed E-state index contributed by atoms with van der Waals surface area (Å²) in [4.78, 5) is 0. The predicted octanol–water partition coefficient (Wildman–Crippen LogP) is 2.83. The Bertz CT molecular complexity index is 355. The van der Waals surface area contributed by atoms with E-state index in [1.807, 2.05) is 19.1 Å². The zero-order valence-corrected chi connectivity index (χ0v) is 9.18. The molecule has 68 valence electrons. The lowest BCUT2D eigenvalue weighted by Gasteiger charge is -2.08. The van der Waals surface area contributed by atoms with Gasteiger partial charge in [0, 0.05) is 0 Å². The van der Waals surface area contributed by atoms with Crippen LogP contribution in [0.25, 0.3) is 0 Å². The topological polar surface area (TPSA) is 33.0 Å². The third-order valence-electron chi connectivity index (χ3n) is 1.75. The van der Waals surface area contributed by atoms with E-state index in [1.165, 1.54) is 0 Å². The molecule has 1 rings (SSSR count). The quantitative estimate of drug-likeness (QED) is 0.796. The van der Waals surface area contributed by atoms with Gasteiger partial charge in [0.15, 0.2) is 0 Å². The van der Waals surface area contributed by atoms with Gasteiger partial charge in [0.25, 0.3) is 0 Å². The molecule has 0 unspecified atom stereocenters. The van der Waals surface area contributed by atoms with Crippen LogP contribution in [-0.2, 0) is 6.42 Å². The molecule has 0 heterocycles. The van der Waals surface area contributed by atoms with Gasteiger partial charge in [-0.2, -0.15) is 5.26 Å². The Morgan fingerprint density at radius 1 is 1.54 bits per heavy atom. The van der Waals surface area contributed by atoms with E-state index in [-0.39, 0.29) is 0 Å². The minimum Gasteiger partial charge on any atom is -0.496 e. The van der Waals surface area contributed by atoms with Gasteiger partial charge >= 0.3 is 0 Å². The summed E-state index contributed by atoms with van der Waals surface area (Å²) in [5.74, 6) is 0.783. The highest BCUT2D eigenvalue weighted by Gasteiger charge is 2.06. The average Bonchev–Trinajstić information content (AvgIpc) is 2.11. The summed E-state index contributed by atoms with van der Waals surface area (Å²) in [5.41, 5.74) is 2.07. The Hall–Kier alpha value is -1.01. The second-order valence-electron chi connectivity index (χ2n) is 2.78. The van der Waals surface area contributed by atoms with Crippen molar-refractivity contribution in [2.75, 3.05) is 7.11 Å². The third kappa shape index (κ3) is 2.22. The number of hydrogen-bond acceptors (Lipinski definition) is 2. The molecular formula is C10H10BrNO. The fraction of sp³-hybridized carbons (Fsp3) is 0.300. The molecular weight excluding hydrogens is 230 g/mol.